The van der Waals surface area contributed by atoms with Gasteiger partial charge in [-0.2, -0.15) is 5.10 Å². The van der Waals surface area contributed by atoms with E-state index in [1.54, 1.807) is 11.3 Å². The lowest BCUT2D eigenvalue weighted by molar-refractivity contribution is -0.115. The van der Waals surface area contributed by atoms with Crippen molar-refractivity contribution in [3.05, 3.63) is 46.0 Å². The van der Waals surface area contributed by atoms with Crippen LogP contribution < -0.4 is 5.32 Å². The Morgan fingerprint density at radius 2 is 2.13 bits per heavy atom. The molecule has 4 rings (SSSR count). The van der Waals surface area contributed by atoms with Crippen LogP contribution in [0.3, 0.4) is 0 Å². The number of benzene rings is 1. The first-order valence-corrected chi connectivity index (χ1v) is 8.87. The van der Waals surface area contributed by atoms with Gasteiger partial charge in [0.2, 0.25) is 5.91 Å². The Morgan fingerprint density at radius 3 is 3.00 bits per heavy atom. The highest BCUT2D eigenvalue weighted by atomic mass is 32.1. The molecule has 1 aliphatic rings. The largest absolute Gasteiger partial charge is 0.317 e. The average Bonchev–Trinajstić information content (AvgIpc) is 3.10. The summed E-state index contributed by atoms with van der Waals surface area (Å²) in [7, 11) is 0. The van der Waals surface area contributed by atoms with Gasteiger partial charge in [-0.1, -0.05) is 18.2 Å². The third-order valence-corrected chi connectivity index (χ3v) is 5.88. The number of hydrogen-bond donors (Lipinski definition) is 2. The van der Waals surface area contributed by atoms with Crippen molar-refractivity contribution in [3.8, 4) is 0 Å². The van der Waals surface area contributed by atoms with E-state index in [1.807, 2.05) is 24.3 Å². The van der Waals surface area contributed by atoms with Gasteiger partial charge in [-0.15, -0.1) is 11.3 Å². The molecule has 0 radical (unpaired) electrons. The van der Waals surface area contributed by atoms with Crippen LogP contribution in [0.5, 0.6) is 0 Å². The van der Waals surface area contributed by atoms with Crippen molar-refractivity contribution in [2.24, 2.45) is 0 Å². The average molecular weight is 325 g/mol. The third kappa shape index (κ3) is 2.65. The molecule has 118 valence electrons. The predicted octanol–water partition coefficient (Wildman–Crippen LogP) is 3.99. The Bertz CT molecular complexity index is 878. The zero-order valence-corrected chi connectivity index (χ0v) is 13.9. The molecule has 0 fully saturated rings. The number of amides is 1. The Kier molecular flexibility index (Phi) is 3.65. The highest BCUT2D eigenvalue weighted by Gasteiger charge is 2.19. The van der Waals surface area contributed by atoms with Gasteiger partial charge in [0.1, 0.15) is 0 Å². The number of rotatable bonds is 3. The summed E-state index contributed by atoms with van der Waals surface area (Å²) < 4.78 is 0. The number of aromatic amines is 1. The summed E-state index contributed by atoms with van der Waals surface area (Å²) in [6.07, 6.45) is 5.15. The van der Waals surface area contributed by atoms with E-state index in [2.05, 4.69) is 22.4 Å². The standard InChI is InChI=1S/C18H19N3OS/c1-11-12-6-3-5-9-16(12)23-18(11)19-17(22)10-15-13-7-2-4-8-14(13)20-21-15/h2,4,7-8H,3,5-6,9-10H2,1H3,(H,19,22)(H,20,21). The number of aryl methyl sites for hydroxylation is 1. The first kappa shape index (κ1) is 14.5. The lowest BCUT2D eigenvalue weighted by Crippen LogP contribution is -2.14. The Balaban J connectivity index is 1.53. The Labute approximate surface area is 138 Å². The lowest BCUT2D eigenvalue weighted by Gasteiger charge is -2.10. The minimum Gasteiger partial charge on any atom is -0.317 e. The second-order valence-corrected chi connectivity index (χ2v) is 7.21. The smallest absolute Gasteiger partial charge is 0.231 e. The normalized spacial score (nSPS) is 14.0. The van der Waals surface area contributed by atoms with Crippen LogP contribution in [0.1, 0.15) is 34.5 Å². The van der Waals surface area contributed by atoms with Crippen LogP contribution in [0.2, 0.25) is 0 Å². The molecule has 23 heavy (non-hydrogen) atoms. The van der Waals surface area contributed by atoms with Gasteiger partial charge in [0.15, 0.2) is 0 Å². The number of carbonyl (C=O) groups excluding carboxylic acids is 1. The maximum atomic E-state index is 12.4. The molecule has 1 amide bonds. The maximum absolute atomic E-state index is 12.4. The second kappa shape index (κ2) is 5.81. The van der Waals surface area contributed by atoms with Gasteiger partial charge in [-0.05, 0) is 49.8 Å². The van der Waals surface area contributed by atoms with Crippen molar-refractivity contribution >= 4 is 33.1 Å². The number of nitrogens with one attached hydrogen (secondary N) is 2. The van der Waals surface area contributed by atoms with Crippen LogP contribution in [-0.4, -0.2) is 16.1 Å². The molecule has 1 aromatic carbocycles. The SMILES string of the molecule is Cc1c(NC(=O)Cc2[nH]nc3ccccc23)sc2c1CCCC2. The van der Waals surface area contributed by atoms with E-state index < -0.39 is 0 Å². The zero-order chi connectivity index (χ0) is 15.8. The van der Waals surface area contributed by atoms with Gasteiger partial charge in [0, 0.05) is 10.3 Å². The van der Waals surface area contributed by atoms with Crippen molar-refractivity contribution < 1.29 is 4.79 Å². The van der Waals surface area contributed by atoms with Crippen LogP contribution in [0, 0.1) is 6.92 Å². The number of carbonyl (C=O) groups is 1. The first-order chi connectivity index (χ1) is 11.2. The summed E-state index contributed by atoms with van der Waals surface area (Å²) in [5.74, 6) is 0.0149. The zero-order valence-electron chi connectivity index (χ0n) is 13.1. The van der Waals surface area contributed by atoms with E-state index in [-0.39, 0.29) is 5.91 Å². The van der Waals surface area contributed by atoms with E-state index in [4.69, 9.17) is 0 Å². The van der Waals surface area contributed by atoms with Gasteiger partial charge >= 0.3 is 0 Å². The molecule has 2 aromatic heterocycles. The molecule has 1 aliphatic carbocycles. The highest BCUT2D eigenvalue weighted by molar-refractivity contribution is 7.16. The van der Waals surface area contributed by atoms with Crippen LogP contribution in [-0.2, 0) is 24.1 Å². The van der Waals surface area contributed by atoms with Gasteiger partial charge in [-0.3, -0.25) is 9.89 Å². The molecule has 0 atom stereocenters. The topological polar surface area (TPSA) is 57.8 Å². The maximum Gasteiger partial charge on any atom is 0.231 e. The fourth-order valence-corrected chi connectivity index (χ4v) is 4.64. The predicted molar refractivity (Wildman–Crippen MR) is 94.1 cm³/mol. The number of thiophene rings is 1. The molecule has 0 bridgehead atoms. The number of anilines is 1. The molecular weight excluding hydrogens is 306 g/mol. The van der Waals surface area contributed by atoms with E-state index in [1.165, 1.54) is 28.8 Å². The van der Waals surface area contributed by atoms with Crippen LogP contribution in [0.25, 0.3) is 10.9 Å². The summed E-state index contributed by atoms with van der Waals surface area (Å²) in [5.41, 5.74) is 4.49. The number of aromatic nitrogens is 2. The first-order valence-electron chi connectivity index (χ1n) is 8.05. The minimum absolute atomic E-state index is 0.0149. The molecule has 0 saturated heterocycles. The van der Waals surface area contributed by atoms with Crippen LogP contribution in [0.15, 0.2) is 24.3 Å². The molecule has 4 nitrogen and oxygen atoms in total. The Hall–Kier alpha value is -2.14. The van der Waals surface area contributed by atoms with Crippen molar-refractivity contribution in [1.82, 2.24) is 10.2 Å². The number of para-hydroxylation sites is 1. The fraction of sp³-hybridized carbons (Fsp3) is 0.333. The lowest BCUT2D eigenvalue weighted by atomic mass is 9.96. The molecule has 2 N–H and O–H groups in total. The van der Waals surface area contributed by atoms with Crippen molar-refractivity contribution in [2.75, 3.05) is 5.32 Å². The monoisotopic (exact) mass is 325 g/mol. The highest BCUT2D eigenvalue weighted by Crippen LogP contribution is 2.37. The molecular formula is C18H19N3OS. The molecule has 3 aromatic rings. The minimum atomic E-state index is 0.0149. The van der Waals surface area contributed by atoms with Crippen LogP contribution in [0.4, 0.5) is 5.00 Å². The van der Waals surface area contributed by atoms with E-state index in [0.29, 0.717) is 6.42 Å². The molecule has 5 heteroatoms. The summed E-state index contributed by atoms with van der Waals surface area (Å²) in [6.45, 7) is 2.13. The molecule has 0 aliphatic heterocycles. The van der Waals surface area contributed by atoms with Crippen molar-refractivity contribution in [2.45, 2.75) is 39.0 Å². The second-order valence-electron chi connectivity index (χ2n) is 6.11. The van der Waals surface area contributed by atoms with E-state index in [9.17, 15) is 4.79 Å². The number of nitrogens with zero attached hydrogens (tertiary/aromatic N) is 1. The van der Waals surface area contributed by atoms with E-state index in [0.717, 1.165) is 34.4 Å². The third-order valence-electron chi connectivity index (χ3n) is 4.57. The molecule has 0 saturated carbocycles. The van der Waals surface area contributed by atoms with Gasteiger partial charge < -0.3 is 5.32 Å². The molecule has 2 heterocycles. The van der Waals surface area contributed by atoms with Crippen LogP contribution >= 0.6 is 11.3 Å². The van der Waals surface area contributed by atoms with Gasteiger partial charge in [0.25, 0.3) is 0 Å². The molecule has 0 unspecified atom stereocenters. The summed E-state index contributed by atoms with van der Waals surface area (Å²) in [5, 5.41) is 12.4. The quantitative estimate of drug-likeness (QED) is 0.765. The van der Waals surface area contributed by atoms with Gasteiger partial charge in [0.05, 0.1) is 22.6 Å². The molecule has 0 spiro atoms. The summed E-state index contributed by atoms with van der Waals surface area (Å²) >= 11 is 1.75. The van der Waals surface area contributed by atoms with Crippen molar-refractivity contribution in [3.63, 3.8) is 0 Å². The number of H-pyrrole nitrogens is 1. The van der Waals surface area contributed by atoms with Gasteiger partial charge in [-0.25, -0.2) is 0 Å². The Morgan fingerprint density at radius 1 is 1.30 bits per heavy atom. The summed E-state index contributed by atoms with van der Waals surface area (Å²) in [6, 6.07) is 7.87. The van der Waals surface area contributed by atoms with Crippen molar-refractivity contribution in [1.29, 1.82) is 0 Å². The fourth-order valence-electron chi connectivity index (χ4n) is 3.32. The van der Waals surface area contributed by atoms with E-state index >= 15 is 0 Å². The number of hydrogen-bond acceptors (Lipinski definition) is 3. The summed E-state index contributed by atoms with van der Waals surface area (Å²) in [4.78, 5) is 13.9. The number of fused-ring (bicyclic) bond motifs is 2.